The summed E-state index contributed by atoms with van der Waals surface area (Å²) in [5, 5.41) is 6.21. The largest absolute Gasteiger partial charge is 0.351 e. The number of urea groups is 1. The van der Waals surface area contributed by atoms with Gasteiger partial charge in [0, 0.05) is 31.6 Å². The lowest BCUT2D eigenvalue weighted by Gasteiger charge is -2.39. The number of carbonyl (C=O) groups excluding carboxylic acids is 2. The minimum Gasteiger partial charge on any atom is -0.351 e. The normalized spacial score (nSPS) is 20.3. The summed E-state index contributed by atoms with van der Waals surface area (Å²) in [5.74, 6) is 0.148. The third kappa shape index (κ3) is 4.18. The number of nitrogens with zero attached hydrogens (tertiary/aromatic N) is 2. The highest BCUT2D eigenvalue weighted by Gasteiger charge is 2.41. The van der Waals surface area contributed by atoms with E-state index >= 15 is 0 Å². The second kappa shape index (κ2) is 7.66. The fraction of sp³-hybridized carbons (Fsp3) is 0.600. The first kappa shape index (κ1) is 18.7. The van der Waals surface area contributed by atoms with Crippen molar-refractivity contribution in [2.75, 3.05) is 33.7 Å². The van der Waals surface area contributed by atoms with E-state index in [0.29, 0.717) is 26.1 Å². The number of likely N-dealkylation sites (tertiary alicyclic amines) is 1. The molecule has 1 atom stereocenters. The molecule has 0 radical (unpaired) electrons. The van der Waals surface area contributed by atoms with Gasteiger partial charge in [0.05, 0.1) is 6.04 Å². The minimum absolute atomic E-state index is 0.0105. The topological polar surface area (TPSA) is 64.7 Å². The molecule has 1 aromatic rings. The van der Waals surface area contributed by atoms with Crippen molar-refractivity contribution in [1.82, 2.24) is 20.4 Å². The van der Waals surface area contributed by atoms with E-state index in [1.165, 1.54) is 11.1 Å². The molecule has 0 saturated carbocycles. The summed E-state index contributed by atoms with van der Waals surface area (Å²) in [6, 6.07) is 8.55. The van der Waals surface area contributed by atoms with Crippen molar-refractivity contribution in [3.8, 4) is 0 Å². The third-order valence-corrected chi connectivity index (χ3v) is 5.74. The van der Waals surface area contributed by atoms with Crippen LogP contribution in [0.15, 0.2) is 24.3 Å². The molecule has 1 spiro atoms. The number of rotatable bonds is 4. The van der Waals surface area contributed by atoms with Crippen molar-refractivity contribution in [2.24, 2.45) is 0 Å². The molecule has 2 N–H and O–H groups in total. The fourth-order valence-corrected chi connectivity index (χ4v) is 4.06. The summed E-state index contributed by atoms with van der Waals surface area (Å²) in [7, 11) is 4.07. The average molecular weight is 358 g/mol. The van der Waals surface area contributed by atoms with Gasteiger partial charge in [0.15, 0.2) is 0 Å². The molecule has 0 bridgehead atoms. The predicted octanol–water partition coefficient (Wildman–Crippen LogP) is 2.05. The fourth-order valence-electron chi connectivity index (χ4n) is 4.06. The minimum atomic E-state index is -0.0679. The lowest BCUT2D eigenvalue weighted by atomic mass is 9.86. The van der Waals surface area contributed by atoms with Crippen LogP contribution in [0.1, 0.15) is 42.9 Å². The molecular weight excluding hydrogens is 328 g/mol. The maximum absolute atomic E-state index is 12.6. The lowest BCUT2D eigenvalue weighted by Crippen LogP contribution is -2.54. The first-order valence-corrected chi connectivity index (χ1v) is 9.45. The van der Waals surface area contributed by atoms with Gasteiger partial charge < -0.3 is 20.4 Å². The number of carbonyl (C=O) groups is 2. The van der Waals surface area contributed by atoms with E-state index in [0.717, 1.165) is 19.3 Å². The van der Waals surface area contributed by atoms with Crippen LogP contribution in [0.4, 0.5) is 4.79 Å². The van der Waals surface area contributed by atoms with E-state index in [-0.39, 0.29) is 23.5 Å². The van der Waals surface area contributed by atoms with Gasteiger partial charge in [-0.1, -0.05) is 29.8 Å². The highest BCUT2D eigenvalue weighted by molar-refractivity contribution is 5.79. The van der Waals surface area contributed by atoms with Crippen molar-refractivity contribution < 1.29 is 9.59 Å². The Morgan fingerprint density at radius 3 is 2.62 bits per heavy atom. The number of hydrogen-bond donors (Lipinski definition) is 2. The first-order chi connectivity index (χ1) is 12.4. The molecule has 2 aliphatic rings. The number of nitrogens with one attached hydrogen (secondary N) is 2. The summed E-state index contributed by atoms with van der Waals surface area (Å²) >= 11 is 0. The van der Waals surface area contributed by atoms with E-state index in [9.17, 15) is 9.59 Å². The van der Waals surface area contributed by atoms with Crippen LogP contribution >= 0.6 is 0 Å². The van der Waals surface area contributed by atoms with Crippen molar-refractivity contribution in [2.45, 2.75) is 44.2 Å². The predicted molar refractivity (Wildman–Crippen MR) is 102 cm³/mol. The Balaban J connectivity index is 1.54. The summed E-state index contributed by atoms with van der Waals surface area (Å²) < 4.78 is 0. The Morgan fingerprint density at radius 1 is 1.31 bits per heavy atom. The highest BCUT2D eigenvalue weighted by atomic mass is 16.2. The van der Waals surface area contributed by atoms with E-state index < -0.39 is 0 Å². The van der Waals surface area contributed by atoms with Crippen LogP contribution in [-0.2, 0) is 4.79 Å². The zero-order valence-corrected chi connectivity index (χ0v) is 16.0. The van der Waals surface area contributed by atoms with Gasteiger partial charge in [0.2, 0.25) is 5.91 Å². The molecule has 6 nitrogen and oxygen atoms in total. The Hall–Kier alpha value is -2.08. The van der Waals surface area contributed by atoms with Crippen LogP contribution in [0.5, 0.6) is 0 Å². The summed E-state index contributed by atoms with van der Waals surface area (Å²) in [4.78, 5) is 28.1. The molecule has 2 saturated heterocycles. The summed E-state index contributed by atoms with van der Waals surface area (Å²) in [6.07, 6.45) is 3.22. The van der Waals surface area contributed by atoms with Crippen LogP contribution in [0.2, 0.25) is 0 Å². The van der Waals surface area contributed by atoms with Gasteiger partial charge in [0.25, 0.3) is 0 Å². The Morgan fingerprint density at radius 2 is 2.04 bits per heavy atom. The van der Waals surface area contributed by atoms with Crippen LogP contribution in [0.25, 0.3) is 0 Å². The molecule has 3 rings (SSSR count). The van der Waals surface area contributed by atoms with Crippen molar-refractivity contribution in [3.63, 3.8) is 0 Å². The SMILES string of the molecule is Cc1cccc([C@H](CNC(=O)N2CCC3(CCC(=O)N3)CC2)N(C)C)c1. The molecule has 0 aromatic heterocycles. The molecular formula is C20H30N4O2. The van der Waals surface area contributed by atoms with E-state index in [4.69, 9.17) is 0 Å². The van der Waals surface area contributed by atoms with Crippen LogP contribution in [0, 0.1) is 6.92 Å². The molecule has 3 amide bonds. The van der Waals surface area contributed by atoms with E-state index in [1.807, 2.05) is 19.0 Å². The smallest absolute Gasteiger partial charge is 0.317 e. The maximum Gasteiger partial charge on any atom is 0.317 e. The number of aryl methyl sites for hydroxylation is 1. The second-order valence-corrected chi connectivity index (χ2v) is 7.90. The van der Waals surface area contributed by atoms with Gasteiger partial charge >= 0.3 is 6.03 Å². The van der Waals surface area contributed by atoms with E-state index in [2.05, 4.69) is 46.7 Å². The zero-order valence-electron chi connectivity index (χ0n) is 16.0. The summed E-state index contributed by atoms with van der Waals surface area (Å²) in [6.45, 7) is 4.06. The van der Waals surface area contributed by atoms with Crippen molar-refractivity contribution in [3.05, 3.63) is 35.4 Å². The Kier molecular flexibility index (Phi) is 5.51. The Labute approximate surface area is 155 Å². The van der Waals surface area contributed by atoms with Gasteiger partial charge in [0.1, 0.15) is 0 Å². The average Bonchev–Trinajstić information content (AvgIpc) is 2.95. The van der Waals surface area contributed by atoms with Gasteiger partial charge in [-0.05, 0) is 45.8 Å². The number of benzene rings is 1. The highest BCUT2D eigenvalue weighted by Crippen LogP contribution is 2.31. The van der Waals surface area contributed by atoms with Crippen LogP contribution in [-0.4, -0.2) is 61.0 Å². The molecule has 142 valence electrons. The molecule has 1 aromatic carbocycles. The molecule has 2 fully saturated rings. The van der Waals surface area contributed by atoms with Gasteiger partial charge in [-0.25, -0.2) is 4.79 Å². The summed E-state index contributed by atoms with van der Waals surface area (Å²) in [5.41, 5.74) is 2.36. The lowest BCUT2D eigenvalue weighted by molar-refractivity contribution is -0.120. The first-order valence-electron chi connectivity index (χ1n) is 9.45. The standard InChI is InChI=1S/C20H30N4O2/c1-15-5-4-6-16(13-15)17(23(2)3)14-21-19(26)24-11-9-20(10-12-24)8-7-18(25)22-20/h4-6,13,17H,7-12,14H2,1-3H3,(H,21,26)(H,22,25)/t17-/m0/s1. The second-order valence-electron chi connectivity index (χ2n) is 7.90. The van der Waals surface area contributed by atoms with Crippen molar-refractivity contribution >= 4 is 11.9 Å². The number of piperidine rings is 1. The molecule has 0 aliphatic carbocycles. The third-order valence-electron chi connectivity index (χ3n) is 5.74. The van der Waals surface area contributed by atoms with E-state index in [1.54, 1.807) is 0 Å². The van der Waals surface area contributed by atoms with Gasteiger partial charge in [-0.2, -0.15) is 0 Å². The molecule has 6 heteroatoms. The monoisotopic (exact) mass is 358 g/mol. The zero-order chi connectivity index (χ0) is 18.7. The number of amides is 3. The number of likely N-dealkylation sites (N-methyl/N-ethyl adjacent to an activating group) is 1. The molecule has 26 heavy (non-hydrogen) atoms. The van der Waals surface area contributed by atoms with Crippen molar-refractivity contribution in [1.29, 1.82) is 0 Å². The van der Waals surface area contributed by atoms with Gasteiger partial charge in [-0.15, -0.1) is 0 Å². The molecule has 0 unspecified atom stereocenters. The molecule has 2 heterocycles. The maximum atomic E-state index is 12.6. The van der Waals surface area contributed by atoms with Crippen LogP contribution < -0.4 is 10.6 Å². The Bertz CT molecular complexity index is 666. The quantitative estimate of drug-likeness (QED) is 0.866. The van der Waals surface area contributed by atoms with Gasteiger partial charge in [-0.3, -0.25) is 4.79 Å². The number of hydrogen-bond acceptors (Lipinski definition) is 3. The van der Waals surface area contributed by atoms with Crippen LogP contribution in [0.3, 0.4) is 0 Å². The molecule has 2 aliphatic heterocycles.